The molecule has 8 N–H and O–H groups in total. The Kier molecular flexibility index (Phi) is 34.8. The van der Waals surface area contributed by atoms with Crippen molar-refractivity contribution in [1.82, 2.24) is 84.3 Å². The highest BCUT2D eigenvalue weighted by atomic mass is 35.5. The van der Waals surface area contributed by atoms with Gasteiger partial charge in [-0.1, -0.05) is 205 Å². The second kappa shape index (κ2) is 45.9. The average molecular weight is 2030 g/mol. The van der Waals surface area contributed by atoms with E-state index in [-0.39, 0.29) is 54.6 Å². The summed E-state index contributed by atoms with van der Waals surface area (Å²) in [6.45, 7) is 18.2. The summed E-state index contributed by atoms with van der Waals surface area (Å²) in [7, 11) is -9.08. The number of carbonyl (C=O) groups is 3. The number of hydrazine groups is 3. The van der Waals surface area contributed by atoms with Crippen LogP contribution in [-0.4, -0.2) is 148 Å². The molecule has 696 valence electrons. The number of piperidine rings is 3. The van der Waals surface area contributed by atoms with Crippen molar-refractivity contribution < 1.29 is 35.4 Å². The molecule has 15 rings (SSSR count). The molecule has 3 fully saturated rings. The molecule has 0 bridgehead atoms. The Balaban J connectivity index is 0.000000169. The minimum Gasteiger partial charge on any atom is -0.283 e. The number of hydrogen-bond donors (Lipinski definition) is 8. The van der Waals surface area contributed by atoms with Crippen LogP contribution in [0, 0.1) is 61.7 Å². The van der Waals surface area contributed by atoms with Crippen molar-refractivity contribution in [2.24, 2.45) is 5.41 Å². The summed E-state index contributed by atoms with van der Waals surface area (Å²) >= 11 is 43.0. The van der Waals surface area contributed by atoms with Gasteiger partial charge < -0.3 is 0 Å². The van der Waals surface area contributed by atoms with Gasteiger partial charge in [-0.3, -0.25) is 34.9 Å². The predicted molar refractivity (Wildman–Crippen MR) is 542 cm³/mol. The molecule has 3 aliphatic heterocycles. The molecule has 3 amide bonds. The molecular weight excluding hydrogens is 1920 g/mol. The summed E-state index contributed by atoms with van der Waals surface area (Å²) in [5.74, 6) is 22.5. The van der Waals surface area contributed by atoms with Crippen LogP contribution in [0.5, 0.6) is 0 Å². The van der Waals surface area contributed by atoms with Gasteiger partial charge in [0.15, 0.2) is 17.1 Å². The van der Waals surface area contributed by atoms with Crippen molar-refractivity contribution in [3.8, 4) is 84.3 Å². The first-order valence-corrected chi connectivity index (χ1v) is 52.6. The van der Waals surface area contributed by atoms with E-state index in [4.69, 9.17) is 84.9 Å². The van der Waals surface area contributed by atoms with Crippen molar-refractivity contribution in [2.45, 2.75) is 126 Å². The highest BCUT2D eigenvalue weighted by Crippen LogP contribution is 2.42. The SMILES string of the molecule is C=S(=O)(CC(C)(C)C)NCc1c(C(=O)NN2CCCCC2)nn(-c2ccc(Cl)cc2Cl)c1-c1ccc(C#Cc2ccc(C)cc2)s1.CCNS(=O)(=O)NCc1c(C(=O)NN2CCCCC2)nn(-c2ccc(Cl)cc2Cl)c1-c1ccc(C#Cc2ccc(C)cc2)s1.CNS(=O)(=O)NCc1c(C(=O)NN2CCCCC2)nn(-c2ccc(Cl)cc2Cl)c1-c1ccc(C#Cc2ccc(C)cc2)s1. The van der Waals surface area contributed by atoms with E-state index in [0.29, 0.717) is 86.7 Å². The Labute approximate surface area is 819 Å². The summed E-state index contributed by atoms with van der Waals surface area (Å²) < 4.78 is 81.5. The maximum Gasteiger partial charge on any atom is 0.286 e. The number of halogens is 6. The van der Waals surface area contributed by atoms with E-state index in [9.17, 15) is 35.4 Å². The molecule has 1 unspecified atom stereocenters. The quantitative estimate of drug-likeness (QED) is 0.0195. The smallest absolute Gasteiger partial charge is 0.283 e. The van der Waals surface area contributed by atoms with Crippen molar-refractivity contribution in [2.75, 3.05) is 58.6 Å². The predicted octanol–water partition coefficient (Wildman–Crippen LogP) is 18.5. The molecule has 1 atom stereocenters. The van der Waals surface area contributed by atoms with E-state index in [1.165, 1.54) is 46.6 Å². The number of aryl methyl sites for hydroxylation is 3. The molecule has 0 aliphatic carbocycles. The summed E-state index contributed by atoms with van der Waals surface area (Å²) in [4.78, 5) is 46.1. The van der Waals surface area contributed by atoms with Crippen LogP contribution >= 0.6 is 104 Å². The lowest BCUT2D eigenvalue weighted by molar-refractivity contribution is 0.0736. The molecule has 12 aromatic rings. The number of nitrogens with zero attached hydrogens (tertiary/aromatic N) is 9. The van der Waals surface area contributed by atoms with Gasteiger partial charge in [0.1, 0.15) is 0 Å². The third kappa shape index (κ3) is 27.9. The van der Waals surface area contributed by atoms with E-state index in [1.54, 1.807) is 75.6 Å². The average Bonchev–Trinajstić information content (AvgIpc) is 1.62. The third-order valence-corrected chi connectivity index (χ3v) is 30.1. The van der Waals surface area contributed by atoms with Gasteiger partial charge in [0, 0.05) is 136 Å². The van der Waals surface area contributed by atoms with Crippen LogP contribution in [0.3, 0.4) is 0 Å². The van der Waals surface area contributed by atoms with Gasteiger partial charge in [-0.15, -0.1) is 34.0 Å². The van der Waals surface area contributed by atoms with Crippen LogP contribution in [-0.2, 0) is 49.8 Å². The molecule has 25 nitrogen and oxygen atoms in total. The lowest BCUT2D eigenvalue weighted by Crippen LogP contribution is -2.45. The normalized spacial score (nSPS) is 14.3. The first kappa shape index (κ1) is 101. The molecule has 6 aromatic heterocycles. The largest absolute Gasteiger partial charge is 0.286 e. The molecule has 3 saturated heterocycles. The standard InChI is InChI=1S/C35H39Cl2N5O2S2.C31H32Cl2N6O3S2.C30H30Cl2N6O3S2/c1-24-9-11-25(12-10-24)13-15-27-16-18-31(45-27)33-28(22-38-46(5,44)23-35(2,3)4)32(34(43)40-41-19-7-6-8-20-41)39-42(33)30-17-14-26(36)21-29(30)37;1-3-34-44(41,42)35-20-25-29(31(40)37-38-17-5-4-6-18-38)36-39(27-15-12-23(32)19-26(27)33)30(25)28-16-14-24(43-28)13-11-22-9-7-21(2)8-10-22;1-20-6-8-21(9-7-20)10-12-23-13-15-27(42-23)29-24(19-34-43(40,41)33-2)28(30(39)36-37-16-4-3-5-17-37)35-38(29)26-14-11-22(31)18-25(26)32/h9-12,14,16-18,21H,5-8,19-20,22-23H2,1-4H3,(H,38,44)(H,40,43);7-10,12,14-16,19,34-35H,3-6,17-18,20H2,1-2H3,(H,37,40);6-9,11,13-15,18,33-34H,3-5,16-17,19H2,1-2H3,(H,36,39). The lowest BCUT2D eigenvalue weighted by Gasteiger charge is -2.26. The number of rotatable bonds is 25. The van der Waals surface area contributed by atoms with Gasteiger partial charge in [0.2, 0.25) is 0 Å². The van der Waals surface area contributed by atoms with Crippen molar-refractivity contribution in [3.05, 3.63) is 276 Å². The number of amides is 3. The monoisotopic (exact) mass is 2020 g/mol. The Hall–Kier alpha value is -9.52. The summed E-state index contributed by atoms with van der Waals surface area (Å²) in [6, 6.07) is 50.6. The second-order valence-corrected chi connectivity index (χ2v) is 44.3. The van der Waals surface area contributed by atoms with Gasteiger partial charge in [-0.25, -0.2) is 43.2 Å². The summed E-state index contributed by atoms with van der Waals surface area (Å²) in [5, 5.41) is 22.4. The van der Waals surface area contributed by atoms with Crippen molar-refractivity contribution >= 4 is 157 Å². The highest BCUT2D eigenvalue weighted by Gasteiger charge is 2.34. The minimum absolute atomic E-state index is 0.0751. The fourth-order valence-electron chi connectivity index (χ4n) is 14.8. The van der Waals surface area contributed by atoms with Gasteiger partial charge in [-0.2, -0.15) is 41.6 Å². The maximum absolute atomic E-state index is 13.9. The van der Waals surface area contributed by atoms with Crippen LogP contribution in [0.15, 0.2) is 164 Å². The van der Waals surface area contributed by atoms with Crippen molar-refractivity contribution in [3.63, 3.8) is 0 Å². The lowest BCUT2D eigenvalue weighted by atomic mass is 10.0. The molecule has 0 spiro atoms. The number of aromatic nitrogens is 6. The number of benzene rings is 6. The van der Waals surface area contributed by atoms with Gasteiger partial charge >= 0.3 is 0 Å². The number of nitrogens with one attached hydrogen (secondary N) is 8. The zero-order valence-electron chi connectivity index (χ0n) is 74.4. The van der Waals surface area contributed by atoms with Gasteiger partial charge in [-0.05, 0) is 198 Å². The first-order valence-electron chi connectivity index (χ1n) is 43.0. The van der Waals surface area contributed by atoms with Gasteiger partial charge in [0.25, 0.3) is 38.1 Å². The van der Waals surface area contributed by atoms with E-state index in [1.807, 2.05) is 166 Å². The Morgan fingerprint density at radius 3 is 0.970 bits per heavy atom. The maximum atomic E-state index is 13.9. The molecule has 0 radical (unpaired) electrons. The number of thiophene rings is 3. The van der Waals surface area contributed by atoms with E-state index in [0.717, 1.165) is 154 Å². The molecular formula is C96H101Cl6N17O8S6. The summed E-state index contributed by atoms with van der Waals surface area (Å²) in [6.07, 6.45) is 9.23. The summed E-state index contributed by atoms with van der Waals surface area (Å²) in [5.41, 5.74) is 19.9. The molecule has 133 heavy (non-hydrogen) atoms. The van der Waals surface area contributed by atoms with Crippen LogP contribution in [0.25, 0.3) is 48.8 Å². The van der Waals surface area contributed by atoms with E-state index < -0.39 is 41.9 Å². The molecule has 9 heterocycles. The van der Waals surface area contributed by atoms with E-state index >= 15 is 0 Å². The topological polar surface area (TPSA) is 296 Å². The highest BCUT2D eigenvalue weighted by molar-refractivity contribution is 7.98. The van der Waals surface area contributed by atoms with Crippen molar-refractivity contribution in [1.29, 1.82) is 0 Å². The molecule has 37 heteroatoms. The van der Waals surface area contributed by atoms with Gasteiger partial charge in [0.05, 0.1) is 78.5 Å². The Morgan fingerprint density at radius 1 is 0.398 bits per heavy atom. The Bertz CT molecular complexity index is 6790. The third-order valence-electron chi connectivity index (χ3n) is 21.2. The fourth-order valence-corrected chi connectivity index (χ4v) is 22.2. The molecule has 0 saturated carbocycles. The van der Waals surface area contributed by atoms with Crippen LogP contribution < -0.4 is 39.9 Å². The fraction of sp³-hybridized carbons (Fsp3) is 0.302. The van der Waals surface area contributed by atoms with Crippen LogP contribution in [0.4, 0.5) is 0 Å². The number of hydrogen-bond acceptors (Lipinski definition) is 17. The molecule has 3 aliphatic rings. The Morgan fingerprint density at radius 2 is 0.692 bits per heavy atom. The zero-order chi connectivity index (χ0) is 94.9. The van der Waals surface area contributed by atoms with Crippen LogP contribution in [0.1, 0.15) is 182 Å². The number of carbonyl (C=O) groups excluding carboxylic acids is 3. The first-order chi connectivity index (χ1) is 63.5. The molecule has 6 aromatic carbocycles. The minimum atomic E-state index is -3.85. The zero-order valence-corrected chi connectivity index (χ0v) is 83.9. The van der Waals surface area contributed by atoms with Crippen LogP contribution in [0.2, 0.25) is 30.1 Å². The second-order valence-electron chi connectivity index (χ2n) is 33.0. The van der Waals surface area contributed by atoms with E-state index in [2.05, 4.69) is 81.3 Å².